The van der Waals surface area contributed by atoms with Crippen molar-refractivity contribution in [3.05, 3.63) is 92.8 Å². The number of phenolic OH excluding ortho intramolecular Hbond substituents is 1. The van der Waals surface area contributed by atoms with Crippen LogP contribution in [0.2, 0.25) is 0 Å². The molecule has 0 radical (unpaired) electrons. The fourth-order valence-electron chi connectivity index (χ4n) is 2.70. The number of rotatable bonds is 5. The zero-order valence-corrected chi connectivity index (χ0v) is 15.8. The third-order valence-corrected chi connectivity index (χ3v) is 4.24. The SMILES string of the molecule is Cc1cc(C=Cc2ccc(C(=O)Oc3ccc([N+](=O)[O-])cc3)nc2)cc(C)c1O. The number of aryl methyl sites for hydroxylation is 2. The molecule has 0 amide bonds. The van der Waals surface area contributed by atoms with Crippen LogP contribution in [0, 0.1) is 24.0 Å². The number of non-ortho nitro benzene ring substituents is 1. The van der Waals surface area contributed by atoms with Gasteiger partial charge in [-0.1, -0.05) is 18.2 Å². The Balaban J connectivity index is 1.67. The number of nitrogens with zero attached hydrogens (tertiary/aromatic N) is 2. The van der Waals surface area contributed by atoms with Crippen molar-refractivity contribution in [3.63, 3.8) is 0 Å². The van der Waals surface area contributed by atoms with Crippen molar-refractivity contribution in [2.75, 3.05) is 0 Å². The zero-order chi connectivity index (χ0) is 21.0. The first-order chi connectivity index (χ1) is 13.8. The van der Waals surface area contributed by atoms with Crippen LogP contribution in [0.1, 0.15) is 32.7 Å². The quantitative estimate of drug-likeness (QED) is 0.293. The molecule has 0 fully saturated rings. The van der Waals surface area contributed by atoms with Crippen molar-refractivity contribution in [1.29, 1.82) is 0 Å². The summed E-state index contributed by atoms with van der Waals surface area (Å²) >= 11 is 0. The van der Waals surface area contributed by atoms with Crippen LogP contribution in [-0.2, 0) is 0 Å². The molecule has 0 aliphatic rings. The number of esters is 1. The van der Waals surface area contributed by atoms with E-state index in [9.17, 15) is 20.0 Å². The summed E-state index contributed by atoms with van der Waals surface area (Å²) in [6.45, 7) is 3.68. The molecule has 3 aromatic rings. The molecule has 7 nitrogen and oxygen atoms in total. The van der Waals surface area contributed by atoms with Crippen molar-refractivity contribution in [2.45, 2.75) is 13.8 Å². The van der Waals surface area contributed by atoms with Crippen LogP contribution in [-0.4, -0.2) is 21.0 Å². The van der Waals surface area contributed by atoms with Gasteiger partial charge >= 0.3 is 5.97 Å². The highest BCUT2D eigenvalue weighted by Crippen LogP contribution is 2.24. The molecule has 0 aliphatic heterocycles. The van der Waals surface area contributed by atoms with Gasteiger partial charge in [0.15, 0.2) is 0 Å². The highest BCUT2D eigenvalue weighted by molar-refractivity contribution is 5.89. The first-order valence-electron chi connectivity index (χ1n) is 8.74. The van der Waals surface area contributed by atoms with Crippen molar-refractivity contribution < 1.29 is 19.6 Å². The second-order valence-electron chi connectivity index (χ2n) is 6.45. The highest BCUT2D eigenvalue weighted by atomic mass is 16.6. The summed E-state index contributed by atoms with van der Waals surface area (Å²) in [5.74, 6) is -0.164. The Kier molecular flexibility index (Phi) is 5.69. The fraction of sp³-hybridized carbons (Fsp3) is 0.0909. The zero-order valence-electron chi connectivity index (χ0n) is 15.8. The van der Waals surface area contributed by atoms with E-state index in [4.69, 9.17) is 4.74 Å². The Morgan fingerprint density at radius 3 is 2.21 bits per heavy atom. The predicted octanol–water partition coefficient (Wildman–Crippen LogP) is 4.70. The fourth-order valence-corrected chi connectivity index (χ4v) is 2.70. The maximum Gasteiger partial charge on any atom is 0.362 e. The van der Waals surface area contributed by atoms with E-state index in [-0.39, 0.29) is 17.1 Å². The van der Waals surface area contributed by atoms with E-state index in [0.717, 1.165) is 22.3 Å². The van der Waals surface area contributed by atoms with Gasteiger partial charge in [-0.3, -0.25) is 10.1 Å². The van der Waals surface area contributed by atoms with E-state index in [1.54, 1.807) is 18.3 Å². The lowest BCUT2D eigenvalue weighted by molar-refractivity contribution is -0.384. The van der Waals surface area contributed by atoms with Crippen molar-refractivity contribution in [2.24, 2.45) is 0 Å². The highest BCUT2D eigenvalue weighted by Gasteiger charge is 2.11. The average molecular weight is 390 g/mol. The van der Waals surface area contributed by atoms with Crippen LogP contribution in [0.15, 0.2) is 54.7 Å². The molecule has 0 aliphatic carbocycles. The summed E-state index contributed by atoms with van der Waals surface area (Å²) in [6.07, 6.45) is 5.29. The van der Waals surface area contributed by atoms with E-state index in [1.165, 1.54) is 24.3 Å². The molecular weight excluding hydrogens is 372 g/mol. The second kappa shape index (κ2) is 8.35. The van der Waals surface area contributed by atoms with Gasteiger partial charge in [0.05, 0.1) is 4.92 Å². The van der Waals surface area contributed by atoms with E-state index >= 15 is 0 Å². The van der Waals surface area contributed by atoms with Gasteiger partial charge in [-0.2, -0.15) is 0 Å². The van der Waals surface area contributed by atoms with Crippen LogP contribution < -0.4 is 4.74 Å². The lowest BCUT2D eigenvalue weighted by Gasteiger charge is -2.05. The first kappa shape index (κ1) is 19.8. The second-order valence-corrected chi connectivity index (χ2v) is 6.45. The maximum absolute atomic E-state index is 12.2. The minimum Gasteiger partial charge on any atom is -0.507 e. The molecule has 2 aromatic carbocycles. The van der Waals surface area contributed by atoms with Crippen LogP contribution in [0.4, 0.5) is 5.69 Å². The normalized spacial score (nSPS) is 10.8. The predicted molar refractivity (Wildman–Crippen MR) is 109 cm³/mol. The lowest BCUT2D eigenvalue weighted by atomic mass is 10.0. The Labute approximate surface area is 167 Å². The molecule has 1 aromatic heterocycles. The third kappa shape index (κ3) is 4.84. The van der Waals surface area contributed by atoms with Gasteiger partial charge < -0.3 is 9.84 Å². The molecule has 29 heavy (non-hydrogen) atoms. The topological polar surface area (TPSA) is 103 Å². The van der Waals surface area contributed by atoms with E-state index in [2.05, 4.69) is 4.98 Å². The molecule has 0 unspecified atom stereocenters. The number of aromatic nitrogens is 1. The van der Waals surface area contributed by atoms with Gasteiger partial charge in [-0.05, 0) is 66.4 Å². The minimum atomic E-state index is -0.654. The van der Waals surface area contributed by atoms with Crippen molar-refractivity contribution >= 4 is 23.8 Å². The Morgan fingerprint density at radius 1 is 1.03 bits per heavy atom. The monoisotopic (exact) mass is 390 g/mol. The summed E-state index contributed by atoms with van der Waals surface area (Å²) in [6, 6.07) is 12.3. The van der Waals surface area contributed by atoms with E-state index in [0.29, 0.717) is 5.75 Å². The molecule has 146 valence electrons. The van der Waals surface area contributed by atoms with E-state index in [1.807, 2.05) is 38.1 Å². The van der Waals surface area contributed by atoms with E-state index < -0.39 is 10.9 Å². The standard InChI is InChI=1S/C22H18N2O5/c1-14-11-17(12-15(2)21(14)25)4-3-16-5-10-20(23-13-16)22(26)29-19-8-6-18(7-9-19)24(27)28/h3-13,25H,1-2H3. The van der Waals surface area contributed by atoms with Crippen LogP contribution in [0.5, 0.6) is 11.5 Å². The van der Waals surface area contributed by atoms with Crippen LogP contribution >= 0.6 is 0 Å². The summed E-state index contributed by atoms with van der Waals surface area (Å²) in [5, 5.41) is 20.5. The van der Waals surface area contributed by atoms with Gasteiger partial charge in [0.2, 0.25) is 0 Å². The molecule has 3 rings (SSSR count). The number of pyridine rings is 1. The maximum atomic E-state index is 12.2. The number of aromatic hydroxyl groups is 1. The van der Waals surface area contributed by atoms with Crippen LogP contribution in [0.25, 0.3) is 12.2 Å². The van der Waals surface area contributed by atoms with Crippen molar-refractivity contribution in [3.8, 4) is 11.5 Å². The molecule has 0 saturated heterocycles. The number of hydrogen-bond donors (Lipinski definition) is 1. The molecule has 1 N–H and O–H groups in total. The summed E-state index contributed by atoms with van der Waals surface area (Å²) in [7, 11) is 0. The average Bonchev–Trinajstić information content (AvgIpc) is 2.71. The molecule has 0 bridgehead atoms. The molecule has 1 heterocycles. The molecule has 0 saturated carbocycles. The number of nitro groups is 1. The Morgan fingerprint density at radius 2 is 1.66 bits per heavy atom. The van der Waals surface area contributed by atoms with Gasteiger partial charge in [0.25, 0.3) is 5.69 Å². The number of carbonyl (C=O) groups excluding carboxylic acids is 1. The molecular formula is C22H18N2O5. The Bertz CT molecular complexity index is 1060. The van der Waals surface area contributed by atoms with Gasteiger partial charge in [0, 0.05) is 18.3 Å². The largest absolute Gasteiger partial charge is 0.507 e. The number of carbonyl (C=O) groups is 1. The molecule has 7 heteroatoms. The number of phenols is 1. The number of nitro benzene ring substituents is 1. The Hall–Kier alpha value is -4.00. The van der Waals surface area contributed by atoms with Gasteiger partial charge in [-0.25, -0.2) is 9.78 Å². The minimum absolute atomic E-state index is 0.0851. The first-order valence-corrected chi connectivity index (χ1v) is 8.74. The number of benzene rings is 2. The lowest BCUT2D eigenvalue weighted by Crippen LogP contribution is -2.10. The van der Waals surface area contributed by atoms with Crippen LogP contribution in [0.3, 0.4) is 0 Å². The summed E-state index contributed by atoms with van der Waals surface area (Å²) in [4.78, 5) is 26.4. The number of ether oxygens (including phenoxy) is 1. The van der Waals surface area contributed by atoms with Gasteiger partial charge in [-0.15, -0.1) is 0 Å². The van der Waals surface area contributed by atoms with Gasteiger partial charge in [0.1, 0.15) is 17.2 Å². The number of hydrogen-bond acceptors (Lipinski definition) is 6. The van der Waals surface area contributed by atoms with Crippen molar-refractivity contribution in [1.82, 2.24) is 4.98 Å². The smallest absolute Gasteiger partial charge is 0.362 e. The molecule has 0 atom stereocenters. The molecule has 0 spiro atoms. The third-order valence-electron chi connectivity index (χ3n) is 4.24. The summed E-state index contributed by atoms with van der Waals surface area (Å²) in [5.41, 5.74) is 3.37. The summed E-state index contributed by atoms with van der Waals surface area (Å²) < 4.78 is 5.18.